The van der Waals surface area contributed by atoms with E-state index in [1.807, 2.05) is 6.07 Å². The van der Waals surface area contributed by atoms with Crippen LogP contribution in [0, 0.1) is 5.82 Å². The van der Waals surface area contributed by atoms with Crippen LogP contribution in [0.3, 0.4) is 0 Å². The number of rotatable bonds is 1. The number of hydrogen-bond acceptors (Lipinski definition) is 2. The molecule has 22 heavy (non-hydrogen) atoms. The van der Waals surface area contributed by atoms with Crippen LogP contribution < -0.4 is 10.6 Å². The van der Waals surface area contributed by atoms with Gasteiger partial charge in [-0.3, -0.25) is 4.79 Å². The summed E-state index contributed by atoms with van der Waals surface area (Å²) in [4.78, 5) is 14.9. The van der Waals surface area contributed by atoms with E-state index in [9.17, 15) is 9.18 Å². The Balaban J connectivity index is 1.77. The van der Waals surface area contributed by atoms with Crippen LogP contribution in [0.1, 0.15) is 56.9 Å². The number of carbonyl (C=O) groups is 1. The number of nitrogens with zero attached hydrogens (tertiary/aromatic N) is 1. The van der Waals surface area contributed by atoms with Crippen LogP contribution in [0.2, 0.25) is 0 Å². The van der Waals surface area contributed by atoms with E-state index in [1.54, 1.807) is 11.0 Å². The van der Waals surface area contributed by atoms with Crippen LogP contribution >= 0.6 is 0 Å². The number of anilines is 1. The molecule has 0 bridgehead atoms. The van der Waals surface area contributed by atoms with E-state index in [0.717, 1.165) is 62.6 Å². The molecule has 2 N–H and O–H groups in total. The van der Waals surface area contributed by atoms with Gasteiger partial charge in [-0.1, -0.05) is 31.7 Å². The van der Waals surface area contributed by atoms with E-state index >= 15 is 0 Å². The first kappa shape index (κ1) is 14.2. The number of fused-ring (bicyclic) bond motifs is 2. The van der Waals surface area contributed by atoms with Crippen LogP contribution in [0.4, 0.5) is 10.1 Å². The van der Waals surface area contributed by atoms with Crippen LogP contribution in [0.25, 0.3) is 0 Å². The largest absolute Gasteiger partial charge is 0.317 e. The van der Waals surface area contributed by atoms with Crippen molar-refractivity contribution in [3.8, 4) is 0 Å². The van der Waals surface area contributed by atoms with E-state index in [-0.39, 0.29) is 17.1 Å². The molecule has 0 radical (unpaired) electrons. The summed E-state index contributed by atoms with van der Waals surface area (Å²) in [5.41, 5.74) is 7.00. The van der Waals surface area contributed by atoms with E-state index < -0.39 is 5.54 Å². The molecule has 1 heterocycles. The second kappa shape index (κ2) is 4.79. The highest BCUT2D eigenvalue weighted by molar-refractivity contribution is 6.02. The minimum atomic E-state index is -0.742. The molecule has 1 spiro atoms. The highest BCUT2D eigenvalue weighted by Crippen LogP contribution is 2.52. The molecule has 1 aromatic rings. The Morgan fingerprint density at radius 3 is 2.41 bits per heavy atom. The maximum absolute atomic E-state index is 14.5. The number of hydrogen-bond donors (Lipinski definition) is 1. The zero-order valence-electron chi connectivity index (χ0n) is 12.9. The van der Waals surface area contributed by atoms with Crippen LogP contribution in [0.15, 0.2) is 18.2 Å². The predicted octanol–water partition coefficient (Wildman–Crippen LogP) is 3.26. The first-order valence-corrected chi connectivity index (χ1v) is 8.46. The quantitative estimate of drug-likeness (QED) is 0.865. The average molecular weight is 302 g/mol. The number of amides is 1. The zero-order valence-corrected chi connectivity index (χ0v) is 12.9. The van der Waals surface area contributed by atoms with Crippen molar-refractivity contribution < 1.29 is 9.18 Å². The van der Waals surface area contributed by atoms with Crippen LogP contribution in [-0.2, 0) is 10.2 Å². The summed E-state index contributed by atoms with van der Waals surface area (Å²) in [5.74, 6) is -0.159. The monoisotopic (exact) mass is 302 g/mol. The van der Waals surface area contributed by atoms with Gasteiger partial charge < -0.3 is 10.6 Å². The van der Waals surface area contributed by atoms with Gasteiger partial charge in [0.25, 0.3) is 0 Å². The van der Waals surface area contributed by atoms with E-state index in [1.165, 1.54) is 6.07 Å². The normalized spacial score (nSPS) is 24.9. The van der Waals surface area contributed by atoms with Crippen molar-refractivity contribution in [3.05, 3.63) is 29.6 Å². The molecule has 2 aliphatic carbocycles. The zero-order chi connectivity index (χ0) is 15.4. The maximum Gasteiger partial charge on any atom is 0.247 e. The van der Waals surface area contributed by atoms with Crippen LogP contribution in [0.5, 0.6) is 0 Å². The summed E-state index contributed by atoms with van der Waals surface area (Å²) in [6, 6.07) is 5.13. The van der Waals surface area contributed by atoms with Gasteiger partial charge in [0.05, 0.1) is 11.2 Å². The number of benzene rings is 1. The van der Waals surface area contributed by atoms with Crippen molar-refractivity contribution in [2.75, 3.05) is 11.4 Å². The van der Waals surface area contributed by atoms with E-state index in [4.69, 9.17) is 5.73 Å². The highest BCUT2D eigenvalue weighted by atomic mass is 19.1. The van der Waals surface area contributed by atoms with E-state index in [2.05, 4.69) is 0 Å². The molecule has 3 nitrogen and oxygen atoms in total. The van der Waals surface area contributed by atoms with E-state index in [0.29, 0.717) is 6.54 Å². The fourth-order valence-corrected chi connectivity index (χ4v) is 4.86. The average Bonchev–Trinajstić information content (AvgIpc) is 3.21. The molecule has 1 amide bonds. The smallest absolute Gasteiger partial charge is 0.247 e. The minimum absolute atomic E-state index is 0.000579. The number of nitrogens with two attached hydrogens (primary N) is 1. The highest BCUT2D eigenvalue weighted by Gasteiger charge is 2.51. The molecule has 118 valence electrons. The van der Waals surface area contributed by atoms with Gasteiger partial charge in [0.15, 0.2) is 0 Å². The second-order valence-electron chi connectivity index (χ2n) is 7.38. The molecule has 1 aliphatic heterocycles. The Hall–Kier alpha value is -1.42. The Bertz CT molecular complexity index is 616. The van der Waals surface area contributed by atoms with Crippen molar-refractivity contribution >= 4 is 11.6 Å². The topological polar surface area (TPSA) is 46.3 Å². The van der Waals surface area contributed by atoms with Gasteiger partial charge in [0.1, 0.15) is 5.82 Å². The molecule has 2 fully saturated rings. The van der Waals surface area contributed by atoms with Gasteiger partial charge in [0.2, 0.25) is 5.91 Å². The predicted molar refractivity (Wildman–Crippen MR) is 84.3 cm³/mol. The molecular formula is C18H23FN2O. The standard InChI is InChI=1S/C18H23FN2O/c19-13-6-5-7-14-15(13)17(8-1-2-9-17)12-21(14)16(22)18(20)10-3-4-11-18/h5-7H,1-4,8-12,20H2. The molecular weight excluding hydrogens is 279 g/mol. The first-order chi connectivity index (χ1) is 10.6. The van der Waals surface area contributed by atoms with Gasteiger partial charge >= 0.3 is 0 Å². The van der Waals surface area contributed by atoms with Gasteiger partial charge in [-0.05, 0) is 37.8 Å². The Labute approximate surface area is 130 Å². The summed E-state index contributed by atoms with van der Waals surface area (Å²) >= 11 is 0. The molecule has 3 aliphatic rings. The van der Waals surface area contributed by atoms with Crippen molar-refractivity contribution in [3.63, 3.8) is 0 Å². The fraction of sp³-hybridized carbons (Fsp3) is 0.611. The third-order valence-corrected chi connectivity index (χ3v) is 6.00. The third-order valence-electron chi connectivity index (χ3n) is 6.00. The summed E-state index contributed by atoms with van der Waals surface area (Å²) < 4.78 is 14.5. The third kappa shape index (κ3) is 1.86. The lowest BCUT2D eigenvalue weighted by Gasteiger charge is -2.30. The van der Waals surface area contributed by atoms with Gasteiger partial charge in [-0.25, -0.2) is 4.39 Å². The molecule has 0 unspecified atom stereocenters. The molecule has 0 saturated heterocycles. The minimum Gasteiger partial charge on any atom is -0.317 e. The fourth-order valence-electron chi connectivity index (χ4n) is 4.86. The van der Waals surface area contributed by atoms with Gasteiger partial charge in [0, 0.05) is 17.5 Å². The van der Waals surface area contributed by atoms with Gasteiger partial charge in [-0.15, -0.1) is 0 Å². The SMILES string of the molecule is NC1(C(=O)N2CC3(CCCC3)c3c(F)cccc32)CCCC1. The van der Waals surface area contributed by atoms with Crippen LogP contribution in [-0.4, -0.2) is 18.0 Å². The summed E-state index contributed by atoms with van der Waals surface area (Å²) in [5, 5.41) is 0. The van der Waals surface area contributed by atoms with Crippen molar-refractivity contribution in [1.29, 1.82) is 0 Å². The molecule has 0 atom stereocenters. The first-order valence-electron chi connectivity index (χ1n) is 8.46. The number of halogens is 1. The van der Waals surface area contributed by atoms with Crippen molar-refractivity contribution in [1.82, 2.24) is 0 Å². The Morgan fingerprint density at radius 2 is 1.73 bits per heavy atom. The number of carbonyl (C=O) groups excluding carboxylic acids is 1. The molecule has 1 aromatic carbocycles. The Kier molecular flexibility index (Phi) is 3.09. The summed E-state index contributed by atoms with van der Waals surface area (Å²) in [6.45, 7) is 0.612. The lowest BCUT2D eigenvalue weighted by Crippen LogP contribution is -2.54. The van der Waals surface area contributed by atoms with Crippen molar-refractivity contribution in [2.24, 2.45) is 5.73 Å². The maximum atomic E-state index is 14.5. The molecule has 4 rings (SSSR count). The molecule has 2 saturated carbocycles. The molecule has 4 heteroatoms. The second-order valence-corrected chi connectivity index (χ2v) is 7.38. The van der Waals surface area contributed by atoms with Crippen molar-refractivity contribution in [2.45, 2.75) is 62.3 Å². The van der Waals surface area contributed by atoms with Gasteiger partial charge in [-0.2, -0.15) is 0 Å². The lowest BCUT2D eigenvalue weighted by atomic mass is 9.80. The molecule has 0 aromatic heterocycles. The lowest BCUT2D eigenvalue weighted by molar-refractivity contribution is -0.123. The Morgan fingerprint density at radius 1 is 1.09 bits per heavy atom. The summed E-state index contributed by atoms with van der Waals surface area (Å²) in [6.07, 6.45) is 7.70. The summed E-state index contributed by atoms with van der Waals surface area (Å²) in [7, 11) is 0.